The summed E-state index contributed by atoms with van der Waals surface area (Å²) >= 11 is 1.54. The Labute approximate surface area is 133 Å². The fourth-order valence-corrected chi connectivity index (χ4v) is 2.70. The summed E-state index contributed by atoms with van der Waals surface area (Å²) in [5.74, 6) is -2.34. The molecule has 0 bridgehead atoms. The molecule has 1 saturated heterocycles. The Morgan fingerprint density at radius 1 is 1.18 bits per heavy atom. The third-order valence-corrected chi connectivity index (χ3v) is 4.21. The number of thioether (sulfide) groups is 1. The Morgan fingerprint density at radius 2 is 1.91 bits per heavy atom. The van der Waals surface area contributed by atoms with Gasteiger partial charge in [-0.2, -0.15) is 0 Å². The van der Waals surface area contributed by atoms with Gasteiger partial charge in [-0.25, -0.2) is 0 Å². The van der Waals surface area contributed by atoms with Crippen molar-refractivity contribution in [1.82, 2.24) is 10.6 Å². The van der Waals surface area contributed by atoms with E-state index in [1.165, 1.54) is 11.8 Å². The van der Waals surface area contributed by atoms with Crippen LogP contribution in [0.3, 0.4) is 0 Å². The van der Waals surface area contributed by atoms with Crippen LogP contribution >= 0.6 is 11.8 Å². The number of carbonyl (C=O) groups is 3. The number of piperidine rings is 1. The zero-order valence-electron chi connectivity index (χ0n) is 12.3. The molecule has 1 aliphatic rings. The lowest BCUT2D eigenvalue weighted by Gasteiger charge is -2.21. The van der Waals surface area contributed by atoms with Gasteiger partial charge in [0.1, 0.15) is 0 Å². The predicted molar refractivity (Wildman–Crippen MR) is 85.6 cm³/mol. The molecule has 7 heteroatoms. The van der Waals surface area contributed by atoms with E-state index in [2.05, 4.69) is 16.0 Å². The third-order valence-electron chi connectivity index (χ3n) is 3.48. The molecule has 0 spiro atoms. The lowest BCUT2D eigenvalue weighted by Crippen LogP contribution is -2.44. The van der Waals surface area contributed by atoms with Crippen LogP contribution in [0.2, 0.25) is 0 Å². The first-order valence-electron chi connectivity index (χ1n) is 7.11. The van der Waals surface area contributed by atoms with Crippen molar-refractivity contribution >= 4 is 35.2 Å². The summed E-state index contributed by atoms with van der Waals surface area (Å²) in [6.45, 7) is 1.50. The van der Waals surface area contributed by atoms with Crippen LogP contribution in [-0.4, -0.2) is 37.1 Å². The van der Waals surface area contributed by atoms with E-state index in [0.717, 1.165) is 18.0 Å². The van der Waals surface area contributed by atoms with Crippen molar-refractivity contribution < 1.29 is 14.4 Å². The summed E-state index contributed by atoms with van der Waals surface area (Å²) in [6, 6.07) is 7.16. The van der Waals surface area contributed by atoms with Crippen molar-refractivity contribution in [2.24, 2.45) is 5.92 Å². The van der Waals surface area contributed by atoms with Crippen molar-refractivity contribution in [2.45, 2.75) is 17.7 Å². The van der Waals surface area contributed by atoms with Crippen LogP contribution in [0.15, 0.2) is 29.2 Å². The van der Waals surface area contributed by atoms with Crippen LogP contribution in [0.25, 0.3) is 0 Å². The number of carbonyl (C=O) groups excluding carboxylic acids is 3. The number of hydrogen-bond donors (Lipinski definition) is 3. The Morgan fingerprint density at radius 3 is 2.59 bits per heavy atom. The van der Waals surface area contributed by atoms with Gasteiger partial charge in [-0.05, 0) is 50.4 Å². The smallest absolute Gasteiger partial charge is 0.316 e. The van der Waals surface area contributed by atoms with Crippen molar-refractivity contribution in [3.8, 4) is 0 Å². The van der Waals surface area contributed by atoms with Gasteiger partial charge >= 0.3 is 11.8 Å². The monoisotopic (exact) mass is 321 g/mol. The van der Waals surface area contributed by atoms with Gasteiger partial charge in [-0.1, -0.05) is 6.07 Å². The highest BCUT2D eigenvalue weighted by atomic mass is 32.2. The average Bonchev–Trinajstić information content (AvgIpc) is 2.55. The highest BCUT2D eigenvalue weighted by Gasteiger charge is 2.25. The zero-order valence-corrected chi connectivity index (χ0v) is 13.2. The number of hydrogen-bond acceptors (Lipinski definition) is 5. The maximum atomic E-state index is 11.9. The number of benzene rings is 1. The Bertz CT molecular complexity index is 571. The molecule has 0 aromatic heterocycles. The van der Waals surface area contributed by atoms with Gasteiger partial charge < -0.3 is 10.6 Å². The van der Waals surface area contributed by atoms with E-state index < -0.39 is 11.8 Å². The van der Waals surface area contributed by atoms with Crippen LogP contribution < -0.4 is 16.0 Å². The van der Waals surface area contributed by atoms with Crippen molar-refractivity contribution in [1.29, 1.82) is 0 Å². The minimum atomic E-state index is -0.918. The van der Waals surface area contributed by atoms with Gasteiger partial charge in [-0.3, -0.25) is 19.7 Å². The highest BCUT2D eigenvalue weighted by Crippen LogP contribution is 2.18. The molecule has 3 amide bonds. The summed E-state index contributed by atoms with van der Waals surface area (Å²) in [5.41, 5.74) is 0.529. The SMILES string of the molecule is CSc1cccc(NC(=O)C(=O)NC(=O)C2CCNCC2)c1. The van der Waals surface area contributed by atoms with Crippen LogP contribution in [0.4, 0.5) is 5.69 Å². The highest BCUT2D eigenvalue weighted by molar-refractivity contribution is 7.98. The molecule has 6 nitrogen and oxygen atoms in total. The minimum Gasteiger partial charge on any atom is -0.318 e. The average molecular weight is 321 g/mol. The number of nitrogens with one attached hydrogen (secondary N) is 3. The van der Waals surface area contributed by atoms with Gasteiger partial charge in [0.25, 0.3) is 0 Å². The summed E-state index contributed by atoms with van der Waals surface area (Å²) in [7, 11) is 0. The van der Waals surface area contributed by atoms with Gasteiger partial charge in [0, 0.05) is 16.5 Å². The van der Waals surface area contributed by atoms with E-state index in [-0.39, 0.29) is 11.8 Å². The van der Waals surface area contributed by atoms with Crippen LogP contribution in [0.1, 0.15) is 12.8 Å². The van der Waals surface area contributed by atoms with Crippen molar-refractivity contribution in [3.05, 3.63) is 24.3 Å². The van der Waals surface area contributed by atoms with Crippen LogP contribution in [0.5, 0.6) is 0 Å². The molecule has 0 unspecified atom stereocenters. The minimum absolute atomic E-state index is 0.210. The number of amides is 3. The third kappa shape index (κ3) is 4.57. The molecule has 22 heavy (non-hydrogen) atoms. The molecule has 0 radical (unpaired) electrons. The zero-order chi connectivity index (χ0) is 15.9. The standard InChI is InChI=1S/C15H19N3O3S/c1-22-12-4-2-3-11(9-12)17-14(20)15(21)18-13(19)10-5-7-16-8-6-10/h2-4,9-10,16H,5-8H2,1H3,(H,17,20)(H,18,19,21). The topological polar surface area (TPSA) is 87.3 Å². The molecular formula is C15H19N3O3S. The maximum Gasteiger partial charge on any atom is 0.316 e. The molecule has 0 atom stereocenters. The molecule has 3 N–H and O–H groups in total. The second kappa shape index (κ2) is 7.95. The lowest BCUT2D eigenvalue weighted by atomic mass is 9.97. The first-order chi connectivity index (χ1) is 10.6. The lowest BCUT2D eigenvalue weighted by molar-refractivity contribution is -0.141. The quantitative estimate of drug-likeness (QED) is 0.571. The van der Waals surface area contributed by atoms with Gasteiger partial charge in [0.05, 0.1) is 0 Å². The maximum absolute atomic E-state index is 11.9. The number of imide groups is 1. The molecule has 1 aromatic rings. The molecule has 1 heterocycles. The summed E-state index contributed by atoms with van der Waals surface area (Å²) in [5, 5.41) is 7.81. The van der Waals surface area contributed by atoms with E-state index in [0.29, 0.717) is 18.5 Å². The fourth-order valence-electron chi connectivity index (χ4n) is 2.24. The van der Waals surface area contributed by atoms with Gasteiger partial charge in [0.15, 0.2) is 0 Å². The Hall–Kier alpha value is -1.86. The first-order valence-corrected chi connectivity index (χ1v) is 8.33. The molecule has 118 valence electrons. The van der Waals surface area contributed by atoms with Crippen LogP contribution in [-0.2, 0) is 14.4 Å². The summed E-state index contributed by atoms with van der Waals surface area (Å²) < 4.78 is 0. The molecule has 1 aliphatic heterocycles. The molecule has 1 aromatic carbocycles. The summed E-state index contributed by atoms with van der Waals surface area (Å²) in [6.07, 6.45) is 3.28. The second-order valence-corrected chi connectivity index (χ2v) is 5.91. The van der Waals surface area contributed by atoms with Crippen molar-refractivity contribution in [3.63, 3.8) is 0 Å². The number of anilines is 1. The molecule has 2 rings (SSSR count). The van der Waals surface area contributed by atoms with E-state index in [1.54, 1.807) is 18.2 Å². The van der Waals surface area contributed by atoms with E-state index in [9.17, 15) is 14.4 Å². The Kier molecular flexibility index (Phi) is 5.97. The number of rotatable bonds is 3. The second-order valence-electron chi connectivity index (χ2n) is 5.03. The van der Waals surface area contributed by atoms with Crippen molar-refractivity contribution in [2.75, 3.05) is 24.7 Å². The van der Waals surface area contributed by atoms with E-state index in [4.69, 9.17) is 0 Å². The van der Waals surface area contributed by atoms with E-state index >= 15 is 0 Å². The van der Waals surface area contributed by atoms with Crippen LogP contribution in [0, 0.1) is 5.92 Å². The first kappa shape index (κ1) is 16.5. The Balaban J connectivity index is 1.88. The van der Waals surface area contributed by atoms with E-state index in [1.807, 2.05) is 12.3 Å². The normalized spacial score (nSPS) is 15.1. The molecule has 1 fully saturated rings. The predicted octanol–water partition coefficient (Wildman–Crippen LogP) is 0.989. The fraction of sp³-hybridized carbons (Fsp3) is 0.400. The largest absolute Gasteiger partial charge is 0.318 e. The summed E-state index contributed by atoms with van der Waals surface area (Å²) in [4.78, 5) is 36.5. The van der Waals surface area contributed by atoms with Gasteiger partial charge in [-0.15, -0.1) is 11.8 Å². The molecule has 0 saturated carbocycles. The van der Waals surface area contributed by atoms with Gasteiger partial charge in [0.2, 0.25) is 5.91 Å². The molecular weight excluding hydrogens is 302 g/mol. The molecule has 0 aliphatic carbocycles.